The molecule has 2 atom stereocenters. The second kappa shape index (κ2) is 9.27. The van der Waals surface area contributed by atoms with E-state index in [9.17, 15) is 0 Å². The van der Waals surface area contributed by atoms with Crippen LogP contribution >= 0.6 is 18.6 Å². The molecular formula is C24H45Cl2Si3Ti. The molecule has 0 spiro atoms. The average molecular weight is 537 g/mol. The Morgan fingerprint density at radius 1 is 0.767 bits per heavy atom. The fraction of sp³-hybridized carbons (Fsp3) is 0.667. The Bertz CT molecular complexity index is 732. The second-order valence-electron chi connectivity index (χ2n) is 12.0. The van der Waals surface area contributed by atoms with Crippen LogP contribution < -0.4 is 0 Å². The minimum atomic E-state index is -3.97. The van der Waals surface area contributed by atoms with Crippen LogP contribution in [0.2, 0.25) is 60.8 Å². The van der Waals surface area contributed by atoms with E-state index in [2.05, 4.69) is 90.5 Å². The molecular weight excluding hydrogens is 491 g/mol. The van der Waals surface area contributed by atoms with E-state index in [-0.39, 0.29) is 0 Å². The fourth-order valence-corrected chi connectivity index (χ4v) is 27.4. The Kier molecular flexibility index (Phi) is 8.39. The normalized spacial score (nSPS) is 24.4. The molecule has 30 heavy (non-hydrogen) atoms. The predicted molar refractivity (Wildman–Crippen MR) is 147 cm³/mol. The van der Waals surface area contributed by atoms with Gasteiger partial charge >= 0.3 is 200 Å². The van der Waals surface area contributed by atoms with Crippen LogP contribution in [0.5, 0.6) is 0 Å². The number of halogens is 2. The summed E-state index contributed by atoms with van der Waals surface area (Å²) in [6, 6.07) is 0. The summed E-state index contributed by atoms with van der Waals surface area (Å²) in [5.41, 5.74) is 3.12. The Morgan fingerprint density at radius 3 is 1.33 bits per heavy atom. The van der Waals surface area contributed by atoms with Crippen molar-refractivity contribution in [1.82, 2.24) is 0 Å². The fourth-order valence-electron chi connectivity index (χ4n) is 5.15. The molecule has 0 fully saturated rings. The van der Waals surface area contributed by atoms with Crippen molar-refractivity contribution in [2.24, 2.45) is 0 Å². The van der Waals surface area contributed by atoms with Crippen molar-refractivity contribution in [1.29, 1.82) is 0 Å². The van der Waals surface area contributed by atoms with Gasteiger partial charge in [-0.15, -0.1) is 0 Å². The average Bonchev–Trinajstić information content (AvgIpc) is 3.20. The summed E-state index contributed by atoms with van der Waals surface area (Å²) in [7, 11) is 13.4. The monoisotopic (exact) mass is 535 g/mol. The predicted octanol–water partition coefficient (Wildman–Crippen LogP) is 9.63. The Balaban J connectivity index is 2.73. The van der Waals surface area contributed by atoms with Crippen molar-refractivity contribution >= 4 is 41.4 Å². The van der Waals surface area contributed by atoms with Crippen molar-refractivity contribution in [3.8, 4) is 0 Å². The maximum atomic E-state index is 8.11. The zero-order valence-electron chi connectivity index (χ0n) is 21.1. The molecule has 2 unspecified atom stereocenters. The van der Waals surface area contributed by atoms with Crippen LogP contribution in [0.4, 0.5) is 0 Å². The van der Waals surface area contributed by atoms with Gasteiger partial charge in [-0.3, -0.25) is 0 Å². The van der Waals surface area contributed by atoms with Crippen LogP contribution in [-0.4, -0.2) is 22.8 Å². The molecule has 2 rings (SSSR count). The summed E-state index contributed by atoms with van der Waals surface area (Å²) in [6.07, 6.45) is 14.9. The van der Waals surface area contributed by atoms with Gasteiger partial charge in [0.2, 0.25) is 0 Å². The van der Waals surface area contributed by atoms with E-state index in [4.69, 9.17) is 18.6 Å². The van der Waals surface area contributed by atoms with E-state index in [1.54, 1.807) is 21.5 Å². The second-order valence-corrected chi connectivity index (χ2v) is 51.6. The molecule has 0 aromatic carbocycles. The third kappa shape index (κ3) is 5.03. The van der Waals surface area contributed by atoms with Gasteiger partial charge in [-0.1, -0.05) is 0 Å². The summed E-state index contributed by atoms with van der Waals surface area (Å²) in [6.45, 7) is 22.9. The van der Waals surface area contributed by atoms with Crippen LogP contribution in [0, 0.1) is 0 Å². The Labute approximate surface area is 198 Å². The van der Waals surface area contributed by atoms with E-state index in [1.807, 2.05) is 0 Å². The molecule has 0 N–H and O–H groups in total. The first-order valence-corrected chi connectivity index (χ1v) is 30.7. The summed E-state index contributed by atoms with van der Waals surface area (Å²) in [4.78, 5) is 0. The van der Waals surface area contributed by atoms with E-state index in [0.29, 0.717) is 8.45 Å². The van der Waals surface area contributed by atoms with Gasteiger partial charge in [0.15, 0.2) is 0 Å². The number of allylic oxidation sites excluding steroid dienone is 8. The van der Waals surface area contributed by atoms with Gasteiger partial charge in [-0.05, 0) is 0 Å². The summed E-state index contributed by atoms with van der Waals surface area (Å²) in [5.74, 6) is 0. The first-order valence-electron chi connectivity index (χ1n) is 12.0. The standard InChI is InChI=1S/2C11H19Si.C2H7Si.2ClH.Ti/c2*1-5-6-10-7-8-11(9-10)12(2,3)4;1-3-2;;;/h2*7-9H,5-6H2,1-4H3;3H,1-2H3;2*1H;/q;;;;;+2/p-2. The molecule has 0 aliphatic heterocycles. The number of hydrogen-bond donors (Lipinski definition) is 0. The molecule has 0 aromatic heterocycles. The van der Waals surface area contributed by atoms with Gasteiger partial charge in [0.1, 0.15) is 0 Å². The number of hydrogen-bond acceptors (Lipinski definition) is 0. The minimum absolute atomic E-state index is 0.321. The van der Waals surface area contributed by atoms with Crippen LogP contribution in [0.15, 0.2) is 45.8 Å². The molecule has 2 aliphatic carbocycles. The Hall–Kier alpha value is 0.905. The zero-order valence-corrected chi connectivity index (χ0v) is 27.4. The maximum absolute atomic E-state index is 8.11. The SMILES string of the molecule is CCCC1=CC([Si](C)(C)C)=C[CH]1[Ti]([Cl])([Cl])([CH]1C=C([Si](C)(C)C)C=C1CCC)[SiH](C)C. The van der Waals surface area contributed by atoms with Crippen molar-refractivity contribution in [3.63, 3.8) is 0 Å². The molecule has 0 radical (unpaired) electrons. The first-order chi connectivity index (χ1) is 13.6. The van der Waals surface area contributed by atoms with Gasteiger partial charge in [-0.2, -0.15) is 0 Å². The first kappa shape index (κ1) is 27.2. The van der Waals surface area contributed by atoms with Crippen molar-refractivity contribution in [3.05, 3.63) is 45.8 Å². The molecule has 6 heteroatoms. The van der Waals surface area contributed by atoms with E-state index in [0.717, 1.165) is 12.8 Å². The van der Waals surface area contributed by atoms with Gasteiger partial charge in [0, 0.05) is 0 Å². The molecule has 0 aromatic rings. The number of rotatable bonds is 9. The quantitative estimate of drug-likeness (QED) is 0.257. The van der Waals surface area contributed by atoms with Gasteiger partial charge in [0.05, 0.1) is 0 Å². The van der Waals surface area contributed by atoms with E-state index < -0.39 is 35.3 Å². The van der Waals surface area contributed by atoms with Crippen molar-refractivity contribution < 1.29 is 12.4 Å². The van der Waals surface area contributed by atoms with Gasteiger partial charge in [-0.25, -0.2) is 0 Å². The van der Waals surface area contributed by atoms with Crippen molar-refractivity contribution in [2.45, 2.75) is 100 Å². The van der Waals surface area contributed by atoms with Crippen LogP contribution in [0.3, 0.4) is 0 Å². The third-order valence-corrected chi connectivity index (χ3v) is 46.9. The van der Waals surface area contributed by atoms with Crippen molar-refractivity contribution in [2.75, 3.05) is 0 Å². The van der Waals surface area contributed by atoms with E-state index >= 15 is 0 Å². The van der Waals surface area contributed by atoms with Gasteiger partial charge in [0.25, 0.3) is 0 Å². The topological polar surface area (TPSA) is 0 Å². The molecule has 171 valence electrons. The molecule has 0 amide bonds. The summed E-state index contributed by atoms with van der Waals surface area (Å²) in [5, 5.41) is 3.16. The van der Waals surface area contributed by atoms with E-state index in [1.165, 1.54) is 12.8 Å². The van der Waals surface area contributed by atoms with Gasteiger partial charge < -0.3 is 0 Å². The van der Waals surface area contributed by atoms with Crippen LogP contribution in [-0.2, 0) is 12.4 Å². The van der Waals surface area contributed by atoms with Crippen LogP contribution in [0.25, 0.3) is 0 Å². The summed E-state index contributed by atoms with van der Waals surface area (Å²) >= 11 is -3.97. The Morgan fingerprint density at radius 2 is 1.10 bits per heavy atom. The third-order valence-electron chi connectivity index (χ3n) is 7.27. The van der Waals surface area contributed by atoms with Crippen LogP contribution in [0.1, 0.15) is 39.5 Å². The molecule has 0 saturated carbocycles. The molecule has 0 heterocycles. The molecule has 0 nitrogen and oxygen atoms in total. The molecule has 0 saturated heterocycles. The zero-order chi connectivity index (χ0) is 23.1. The molecule has 2 aliphatic rings. The molecule has 0 bridgehead atoms. The summed E-state index contributed by atoms with van der Waals surface area (Å²) < 4.78 is 0.641.